The van der Waals surface area contributed by atoms with Gasteiger partial charge in [-0.2, -0.15) is 0 Å². The van der Waals surface area contributed by atoms with Crippen LogP contribution in [0, 0.1) is 12.8 Å². The minimum atomic E-state index is -0.452. The molecule has 0 spiro atoms. The second kappa shape index (κ2) is 11.3. The van der Waals surface area contributed by atoms with Crippen LogP contribution in [-0.4, -0.2) is 28.8 Å². The Morgan fingerprint density at radius 1 is 0.778 bits per heavy atom. The Hall–Kier alpha value is -3.14. The highest BCUT2D eigenvalue weighted by molar-refractivity contribution is 6.03. The maximum absolute atomic E-state index is 14.2. The summed E-state index contributed by atoms with van der Waals surface area (Å²) >= 11 is 0. The number of carbonyl (C=O) groups is 2. The van der Waals surface area contributed by atoms with Crippen LogP contribution in [0.3, 0.4) is 0 Å². The van der Waals surface area contributed by atoms with Crippen molar-refractivity contribution in [2.45, 2.75) is 83.2 Å². The predicted octanol–water partition coefficient (Wildman–Crippen LogP) is 7.51. The minimum Gasteiger partial charge on any atom is -0.324 e. The summed E-state index contributed by atoms with van der Waals surface area (Å²) in [6, 6.07) is 21.8. The molecule has 5 rings (SSSR count). The van der Waals surface area contributed by atoms with Gasteiger partial charge in [0.2, 0.25) is 5.91 Å². The van der Waals surface area contributed by atoms with E-state index < -0.39 is 6.04 Å². The summed E-state index contributed by atoms with van der Waals surface area (Å²) < 4.78 is 0. The molecule has 2 fully saturated rings. The van der Waals surface area contributed by atoms with Crippen LogP contribution in [0.25, 0.3) is 10.8 Å². The van der Waals surface area contributed by atoms with E-state index in [9.17, 15) is 9.59 Å². The van der Waals surface area contributed by atoms with Crippen molar-refractivity contribution < 1.29 is 9.59 Å². The van der Waals surface area contributed by atoms with E-state index in [0.717, 1.165) is 79.0 Å². The first-order valence-electron chi connectivity index (χ1n) is 13.8. The average Bonchev–Trinajstić information content (AvgIpc) is 2.92. The molecule has 0 saturated heterocycles. The van der Waals surface area contributed by atoms with Crippen molar-refractivity contribution in [2.24, 2.45) is 5.92 Å². The third kappa shape index (κ3) is 5.33. The van der Waals surface area contributed by atoms with Crippen molar-refractivity contribution >= 4 is 28.3 Å². The number of rotatable bonds is 6. The fourth-order valence-electron chi connectivity index (χ4n) is 6.33. The van der Waals surface area contributed by atoms with Crippen LogP contribution < -0.4 is 5.32 Å². The van der Waals surface area contributed by atoms with E-state index in [1.807, 2.05) is 60.4 Å². The van der Waals surface area contributed by atoms with Gasteiger partial charge in [-0.15, -0.1) is 0 Å². The number of amides is 2. The molecule has 1 unspecified atom stereocenters. The summed E-state index contributed by atoms with van der Waals surface area (Å²) in [5, 5.41) is 5.49. The van der Waals surface area contributed by atoms with E-state index in [1.54, 1.807) is 0 Å². The van der Waals surface area contributed by atoms with Gasteiger partial charge in [-0.3, -0.25) is 9.59 Å². The standard InChI is InChI=1S/C32H38N2O2/c1-23-12-8-11-19-29(23)32(36)34(28-17-6-3-7-18-28)30(25-14-4-2-5-15-25)31(35)33-27-21-20-24-13-9-10-16-26(24)22-27/h8-13,16,19-22,25,28,30H,2-7,14-15,17-18H2,1H3,(H,33,35). The maximum atomic E-state index is 14.2. The lowest BCUT2D eigenvalue weighted by atomic mass is 9.80. The zero-order chi connectivity index (χ0) is 24.9. The number of nitrogens with one attached hydrogen (secondary N) is 1. The Labute approximate surface area is 215 Å². The van der Waals surface area contributed by atoms with E-state index in [0.29, 0.717) is 0 Å². The highest BCUT2D eigenvalue weighted by Gasteiger charge is 2.41. The lowest BCUT2D eigenvalue weighted by Crippen LogP contribution is -2.56. The molecule has 0 heterocycles. The van der Waals surface area contributed by atoms with Crippen LogP contribution in [-0.2, 0) is 4.79 Å². The topological polar surface area (TPSA) is 49.4 Å². The van der Waals surface area contributed by atoms with Crippen molar-refractivity contribution in [2.75, 3.05) is 5.32 Å². The summed E-state index contributed by atoms with van der Waals surface area (Å²) in [6.07, 6.45) is 10.9. The van der Waals surface area contributed by atoms with Gasteiger partial charge in [0.15, 0.2) is 0 Å². The first-order chi connectivity index (χ1) is 17.6. The summed E-state index contributed by atoms with van der Waals surface area (Å²) in [5.74, 6) is 0.169. The lowest BCUT2D eigenvalue weighted by Gasteiger charge is -2.43. The molecule has 0 aliphatic heterocycles. The molecule has 1 atom stereocenters. The average molecular weight is 483 g/mol. The minimum absolute atomic E-state index is 0.0178. The zero-order valence-electron chi connectivity index (χ0n) is 21.4. The highest BCUT2D eigenvalue weighted by Crippen LogP contribution is 2.35. The Bertz CT molecular complexity index is 1210. The smallest absolute Gasteiger partial charge is 0.255 e. The number of hydrogen-bond donors (Lipinski definition) is 1. The molecule has 4 nitrogen and oxygen atoms in total. The second-order valence-electron chi connectivity index (χ2n) is 10.7. The van der Waals surface area contributed by atoms with E-state index in [-0.39, 0.29) is 23.8 Å². The Kier molecular flexibility index (Phi) is 7.69. The van der Waals surface area contributed by atoms with Gasteiger partial charge in [0.1, 0.15) is 6.04 Å². The Balaban J connectivity index is 1.51. The van der Waals surface area contributed by atoms with Crippen molar-refractivity contribution in [3.8, 4) is 0 Å². The van der Waals surface area contributed by atoms with Crippen molar-refractivity contribution in [3.63, 3.8) is 0 Å². The third-order valence-corrected chi connectivity index (χ3v) is 8.26. The summed E-state index contributed by atoms with van der Waals surface area (Å²) in [5.41, 5.74) is 2.49. The van der Waals surface area contributed by atoms with Crippen LogP contribution in [0.5, 0.6) is 0 Å². The highest BCUT2D eigenvalue weighted by atomic mass is 16.2. The van der Waals surface area contributed by atoms with Gasteiger partial charge in [-0.05, 0) is 73.1 Å². The second-order valence-corrected chi connectivity index (χ2v) is 10.7. The van der Waals surface area contributed by atoms with E-state index in [1.165, 1.54) is 12.8 Å². The molecule has 2 aliphatic rings. The number of nitrogens with zero attached hydrogens (tertiary/aromatic N) is 1. The van der Waals surface area contributed by atoms with Crippen molar-refractivity contribution in [1.29, 1.82) is 0 Å². The molecule has 3 aromatic rings. The summed E-state index contributed by atoms with van der Waals surface area (Å²) in [6.45, 7) is 2.00. The molecule has 0 radical (unpaired) electrons. The number of hydrogen-bond acceptors (Lipinski definition) is 2. The van der Waals surface area contributed by atoms with Crippen LogP contribution in [0.4, 0.5) is 5.69 Å². The maximum Gasteiger partial charge on any atom is 0.255 e. The number of aryl methyl sites for hydroxylation is 1. The van der Waals surface area contributed by atoms with Gasteiger partial charge in [-0.25, -0.2) is 0 Å². The van der Waals surface area contributed by atoms with Gasteiger partial charge in [0.05, 0.1) is 0 Å². The predicted molar refractivity (Wildman–Crippen MR) is 147 cm³/mol. The fraction of sp³-hybridized carbons (Fsp3) is 0.438. The van der Waals surface area contributed by atoms with Gasteiger partial charge in [0.25, 0.3) is 5.91 Å². The normalized spacial score (nSPS) is 18.0. The van der Waals surface area contributed by atoms with Gasteiger partial charge < -0.3 is 10.2 Å². The van der Waals surface area contributed by atoms with E-state index >= 15 is 0 Å². The molecule has 188 valence electrons. The number of fused-ring (bicyclic) bond motifs is 1. The number of anilines is 1. The SMILES string of the molecule is Cc1ccccc1C(=O)N(C1CCCCC1)C(C(=O)Nc1ccc2ccccc2c1)C1CCCCC1. The molecule has 36 heavy (non-hydrogen) atoms. The molecular weight excluding hydrogens is 444 g/mol. The molecule has 0 aromatic heterocycles. The van der Waals surface area contributed by atoms with Gasteiger partial charge >= 0.3 is 0 Å². The molecule has 0 bridgehead atoms. The molecular formula is C32H38N2O2. The fourth-order valence-corrected chi connectivity index (χ4v) is 6.33. The summed E-state index contributed by atoms with van der Waals surface area (Å²) in [4.78, 5) is 30.4. The van der Waals surface area contributed by atoms with Crippen LogP contribution in [0.2, 0.25) is 0 Å². The van der Waals surface area contributed by atoms with Crippen molar-refractivity contribution in [3.05, 3.63) is 77.9 Å². The Morgan fingerprint density at radius 3 is 2.14 bits per heavy atom. The van der Waals surface area contributed by atoms with E-state index in [2.05, 4.69) is 23.5 Å². The van der Waals surface area contributed by atoms with Crippen LogP contribution in [0.1, 0.15) is 80.1 Å². The summed E-state index contributed by atoms with van der Waals surface area (Å²) in [7, 11) is 0. The molecule has 2 amide bonds. The largest absolute Gasteiger partial charge is 0.324 e. The quantitative estimate of drug-likeness (QED) is 0.395. The monoisotopic (exact) mass is 482 g/mol. The first-order valence-corrected chi connectivity index (χ1v) is 13.8. The first kappa shape index (κ1) is 24.5. The molecule has 2 saturated carbocycles. The molecule has 1 N–H and O–H groups in total. The van der Waals surface area contributed by atoms with Gasteiger partial charge in [-0.1, -0.05) is 87.1 Å². The van der Waals surface area contributed by atoms with Gasteiger partial charge in [0, 0.05) is 17.3 Å². The molecule has 2 aliphatic carbocycles. The lowest BCUT2D eigenvalue weighted by molar-refractivity contribution is -0.124. The third-order valence-electron chi connectivity index (χ3n) is 8.26. The van der Waals surface area contributed by atoms with Crippen LogP contribution >= 0.6 is 0 Å². The van der Waals surface area contributed by atoms with Crippen molar-refractivity contribution in [1.82, 2.24) is 4.90 Å². The number of carbonyl (C=O) groups excluding carboxylic acids is 2. The Morgan fingerprint density at radius 2 is 1.42 bits per heavy atom. The molecule has 4 heteroatoms. The van der Waals surface area contributed by atoms with E-state index in [4.69, 9.17) is 0 Å². The molecule has 3 aromatic carbocycles. The number of benzene rings is 3. The van der Waals surface area contributed by atoms with Crippen LogP contribution in [0.15, 0.2) is 66.7 Å². The zero-order valence-corrected chi connectivity index (χ0v) is 21.4.